The predicted molar refractivity (Wildman–Crippen MR) is 67.5 cm³/mol. The lowest BCUT2D eigenvalue weighted by Crippen LogP contribution is -2.50. The van der Waals surface area contributed by atoms with E-state index in [4.69, 9.17) is 10.6 Å². The van der Waals surface area contributed by atoms with Gasteiger partial charge in [0.2, 0.25) is 5.96 Å². The van der Waals surface area contributed by atoms with Crippen LogP contribution in [0.3, 0.4) is 0 Å². The number of aliphatic hydroxyl groups is 1. The van der Waals surface area contributed by atoms with Gasteiger partial charge in [0, 0.05) is 26.8 Å². The van der Waals surface area contributed by atoms with E-state index in [1.807, 2.05) is 6.92 Å². The average molecular weight is 244 g/mol. The van der Waals surface area contributed by atoms with Crippen molar-refractivity contribution >= 4 is 5.96 Å². The van der Waals surface area contributed by atoms with Crippen molar-refractivity contribution in [2.45, 2.75) is 25.8 Å². The van der Waals surface area contributed by atoms with Gasteiger partial charge in [0.1, 0.15) is 0 Å². The van der Waals surface area contributed by atoms with Gasteiger partial charge in [-0.1, -0.05) is 0 Å². The standard InChI is InChI=1S/C11H24N4O2/c1-9(8-17-2)13-11(14-12)15-5-3-4-10(6-15)7-16/h9-10,16H,3-8,12H2,1-2H3,(H,13,14). The van der Waals surface area contributed by atoms with Crippen molar-refractivity contribution in [3.8, 4) is 0 Å². The number of guanidine groups is 1. The molecule has 0 aromatic carbocycles. The van der Waals surface area contributed by atoms with E-state index < -0.39 is 0 Å². The number of rotatable bonds is 4. The Hall–Kier alpha value is -0.850. The molecule has 6 nitrogen and oxygen atoms in total. The number of methoxy groups -OCH3 is 1. The Morgan fingerprint density at radius 3 is 3.06 bits per heavy atom. The molecular formula is C11H24N4O2. The van der Waals surface area contributed by atoms with Gasteiger partial charge in [-0.15, -0.1) is 0 Å². The summed E-state index contributed by atoms with van der Waals surface area (Å²) in [6, 6.07) is 0.0700. The Balaban J connectivity index is 2.59. The Labute approximate surface area is 103 Å². The van der Waals surface area contributed by atoms with Crippen LogP contribution in [-0.2, 0) is 4.74 Å². The molecule has 1 heterocycles. The lowest BCUT2D eigenvalue weighted by atomic mass is 9.99. The molecule has 1 aliphatic heterocycles. The van der Waals surface area contributed by atoms with E-state index in [-0.39, 0.29) is 12.6 Å². The molecule has 0 aromatic heterocycles. The number of hydrogen-bond acceptors (Lipinski definition) is 4. The summed E-state index contributed by atoms with van der Waals surface area (Å²) < 4.78 is 5.04. The van der Waals surface area contributed by atoms with E-state index >= 15 is 0 Å². The first kappa shape index (κ1) is 14.2. The molecule has 0 bridgehead atoms. The molecule has 2 atom stereocenters. The second-order valence-electron chi connectivity index (χ2n) is 4.54. The van der Waals surface area contributed by atoms with Crippen molar-refractivity contribution < 1.29 is 9.84 Å². The van der Waals surface area contributed by atoms with Crippen molar-refractivity contribution in [2.24, 2.45) is 16.8 Å². The first-order valence-electron chi connectivity index (χ1n) is 6.10. The molecule has 0 aliphatic carbocycles. The van der Waals surface area contributed by atoms with E-state index in [9.17, 15) is 5.11 Å². The molecule has 0 radical (unpaired) electrons. The fourth-order valence-electron chi connectivity index (χ4n) is 2.10. The number of nitrogens with two attached hydrogens (primary N) is 1. The SMILES string of the molecule is COCC(C)N=C(NN)N1CCCC(CO)C1. The third-order valence-electron chi connectivity index (χ3n) is 2.96. The monoisotopic (exact) mass is 244 g/mol. The van der Waals surface area contributed by atoms with Crippen LogP contribution in [0.5, 0.6) is 0 Å². The van der Waals surface area contributed by atoms with Crippen molar-refractivity contribution in [2.75, 3.05) is 33.4 Å². The lowest BCUT2D eigenvalue weighted by Gasteiger charge is -2.34. The van der Waals surface area contributed by atoms with Crippen molar-refractivity contribution in [3.05, 3.63) is 0 Å². The lowest BCUT2D eigenvalue weighted by molar-refractivity contribution is 0.156. The zero-order valence-corrected chi connectivity index (χ0v) is 10.7. The maximum absolute atomic E-state index is 9.19. The maximum atomic E-state index is 9.19. The van der Waals surface area contributed by atoms with E-state index in [1.54, 1.807) is 7.11 Å². The average Bonchev–Trinajstić information content (AvgIpc) is 2.36. The number of piperidine rings is 1. The van der Waals surface area contributed by atoms with E-state index in [0.717, 1.165) is 25.9 Å². The van der Waals surface area contributed by atoms with Gasteiger partial charge in [-0.3, -0.25) is 5.43 Å². The van der Waals surface area contributed by atoms with Crippen LogP contribution in [0.1, 0.15) is 19.8 Å². The minimum atomic E-state index is 0.0700. The molecule has 1 rings (SSSR count). The van der Waals surface area contributed by atoms with Gasteiger partial charge in [-0.2, -0.15) is 0 Å². The molecule has 100 valence electrons. The zero-order chi connectivity index (χ0) is 12.7. The molecular weight excluding hydrogens is 220 g/mol. The van der Waals surface area contributed by atoms with Gasteiger partial charge in [-0.05, 0) is 25.7 Å². The van der Waals surface area contributed by atoms with Gasteiger partial charge in [0.15, 0.2) is 0 Å². The number of hydrazine groups is 1. The van der Waals surface area contributed by atoms with Gasteiger partial charge < -0.3 is 14.7 Å². The molecule has 0 saturated carbocycles. The van der Waals surface area contributed by atoms with Crippen LogP contribution in [0.2, 0.25) is 0 Å². The highest BCUT2D eigenvalue weighted by Crippen LogP contribution is 2.15. The Kier molecular flexibility index (Phi) is 6.25. The molecule has 1 fully saturated rings. The Morgan fingerprint density at radius 2 is 2.47 bits per heavy atom. The highest BCUT2D eigenvalue weighted by molar-refractivity contribution is 5.79. The number of hydrogen-bond donors (Lipinski definition) is 3. The van der Waals surface area contributed by atoms with Crippen molar-refractivity contribution in [1.29, 1.82) is 0 Å². The number of ether oxygens (including phenoxy) is 1. The minimum Gasteiger partial charge on any atom is -0.396 e. The normalized spacial score (nSPS) is 23.6. The summed E-state index contributed by atoms with van der Waals surface area (Å²) in [5.74, 6) is 6.52. The van der Waals surface area contributed by atoms with Gasteiger partial charge in [0.25, 0.3) is 0 Å². The smallest absolute Gasteiger partial charge is 0.208 e. The second-order valence-corrected chi connectivity index (χ2v) is 4.54. The summed E-state index contributed by atoms with van der Waals surface area (Å²) in [4.78, 5) is 6.57. The van der Waals surface area contributed by atoms with Crippen molar-refractivity contribution in [1.82, 2.24) is 10.3 Å². The molecule has 0 amide bonds. The van der Waals surface area contributed by atoms with Gasteiger partial charge >= 0.3 is 0 Å². The highest BCUT2D eigenvalue weighted by atomic mass is 16.5. The summed E-state index contributed by atoms with van der Waals surface area (Å²) in [5, 5.41) is 9.19. The summed E-state index contributed by atoms with van der Waals surface area (Å²) >= 11 is 0. The molecule has 17 heavy (non-hydrogen) atoms. The van der Waals surface area contributed by atoms with Gasteiger partial charge in [-0.25, -0.2) is 10.8 Å². The maximum Gasteiger partial charge on any atom is 0.208 e. The molecule has 6 heteroatoms. The first-order valence-corrected chi connectivity index (χ1v) is 6.10. The van der Waals surface area contributed by atoms with Crippen LogP contribution < -0.4 is 11.3 Å². The summed E-state index contributed by atoms with van der Waals surface area (Å²) in [5.41, 5.74) is 2.64. The van der Waals surface area contributed by atoms with E-state index in [0.29, 0.717) is 18.5 Å². The quantitative estimate of drug-likeness (QED) is 0.270. The van der Waals surface area contributed by atoms with Crippen LogP contribution in [0, 0.1) is 5.92 Å². The van der Waals surface area contributed by atoms with E-state index in [1.165, 1.54) is 0 Å². The van der Waals surface area contributed by atoms with Gasteiger partial charge in [0.05, 0.1) is 12.6 Å². The van der Waals surface area contributed by atoms with Crippen LogP contribution in [0.4, 0.5) is 0 Å². The van der Waals surface area contributed by atoms with Crippen LogP contribution >= 0.6 is 0 Å². The minimum absolute atomic E-state index is 0.0700. The fraction of sp³-hybridized carbons (Fsp3) is 0.909. The summed E-state index contributed by atoms with van der Waals surface area (Å²) in [6.45, 7) is 4.51. The topological polar surface area (TPSA) is 83.1 Å². The molecule has 4 N–H and O–H groups in total. The second kappa shape index (κ2) is 7.47. The summed E-state index contributed by atoms with van der Waals surface area (Å²) in [7, 11) is 1.66. The summed E-state index contributed by atoms with van der Waals surface area (Å²) in [6.07, 6.45) is 2.13. The molecule has 2 unspecified atom stereocenters. The Morgan fingerprint density at radius 1 is 1.71 bits per heavy atom. The van der Waals surface area contributed by atoms with E-state index in [2.05, 4.69) is 15.3 Å². The first-order chi connectivity index (χ1) is 8.21. The molecule has 0 spiro atoms. The molecule has 0 aromatic rings. The fourth-order valence-corrected chi connectivity index (χ4v) is 2.10. The van der Waals surface area contributed by atoms with Crippen LogP contribution in [-0.4, -0.2) is 55.4 Å². The van der Waals surface area contributed by atoms with Crippen LogP contribution in [0.25, 0.3) is 0 Å². The number of nitrogens with zero attached hydrogens (tertiary/aromatic N) is 2. The van der Waals surface area contributed by atoms with Crippen molar-refractivity contribution in [3.63, 3.8) is 0 Å². The number of nitrogens with one attached hydrogen (secondary N) is 1. The number of aliphatic hydroxyl groups excluding tert-OH is 1. The number of aliphatic imine (C=N–C) groups is 1. The van der Waals surface area contributed by atoms with Crippen LogP contribution in [0.15, 0.2) is 4.99 Å². The number of likely N-dealkylation sites (tertiary alicyclic amines) is 1. The molecule has 1 aliphatic rings. The zero-order valence-electron chi connectivity index (χ0n) is 10.7. The predicted octanol–water partition coefficient (Wildman–Crippen LogP) is -0.455. The highest BCUT2D eigenvalue weighted by Gasteiger charge is 2.21. The Bertz CT molecular complexity index is 248. The molecule has 1 saturated heterocycles. The third kappa shape index (κ3) is 4.49. The third-order valence-corrected chi connectivity index (χ3v) is 2.96. The largest absolute Gasteiger partial charge is 0.396 e.